The van der Waals surface area contributed by atoms with Crippen LogP contribution in [0.1, 0.15) is 6.42 Å². The number of hydrogen-bond donors (Lipinski definition) is 0. The van der Waals surface area contributed by atoms with Crippen molar-refractivity contribution in [2.45, 2.75) is 6.42 Å². The fourth-order valence-corrected chi connectivity index (χ4v) is 1.55. The maximum atomic E-state index is 12.9. The van der Waals surface area contributed by atoms with Gasteiger partial charge in [-0.2, -0.15) is 0 Å². The third-order valence-corrected chi connectivity index (χ3v) is 2.23. The lowest BCUT2D eigenvalue weighted by Gasteiger charge is -2.25. The quantitative estimate of drug-likeness (QED) is 0.596. The van der Waals surface area contributed by atoms with Crippen molar-refractivity contribution in [1.82, 2.24) is 0 Å². The molecule has 0 radical (unpaired) electrons. The summed E-state index contributed by atoms with van der Waals surface area (Å²) in [5.74, 6) is -0.160. The predicted octanol–water partition coefficient (Wildman–Crippen LogP) is 2.59. The van der Waals surface area contributed by atoms with Crippen LogP contribution in [0.25, 0.3) is 0 Å². The summed E-state index contributed by atoms with van der Waals surface area (Å²) >= 11 is 0. The normalized spacial score (nSPS) is 16.2. The van der Waals surface area contributed by atoms with Gasteiger partial charge in [-0.15, -0.1) is 0 Å². The number of benzene rings is 1. The molecule has 2 rings (SSSR count). The minimum atomic E-state index is -0.160. The van der Waals surface area contributed by atoms with Crippen molar-refractivity contribution in [1.29, 1.82) is 0 Å². The Balaban J connectivity index is 2.20. The van der Waals surface area contributed by atoms with Gasteiger partial charge in [-0.3, -0.25) is 0 Å². The molecule has 1 aliphatic rings. The van der Waals surface area contributed by atoms with Crippen molar-refractivity contribution >= 4 is 5.69 Å². The summed E-state index contributed by atoms with van der Waals surface area (Å²) in [7, 11) is 0. The lowest BCUT2D eigenvalue weighted by Crippen LogP contribution is -2.26. The molecule has 1 aromatic carbocycles. The molecule has 0 aromatic heterocycles. The maximum Gasteiger partial charge on any atom is 0.125 e. The average molecular weight is 177 g/mol. The Morgan fingerprint density at radius 1 is 1.23 bits per heavy atom. The SMILES string of the molecule is Fc1cccc(N2CC=CCC2)c1. The monoisotopic (exact) mass is 177 g/mol. The highest BCUT2D eigenvalue weighted by atomic mass is 19.1. The molecule has 0 unspecified atom stereocenters. The smallest absolute Gasteiger partial charge is 0.125 e. The first kappa shape index (κ1) is 8.30. The first-order valence-electron chi connectivity index (χ1n) is 4.52. The van der Waals surface area contributed by atoms with E-state index in [9.17, 15) is 4.39 Å². The van der Waals surface area contributed by atoms with E-state index in [4.69, 9.17) is 0 Å². The van der Waals surface area contributed by atoms with E-state index in [1.807, 2.05) is 6.07 Å². The fraction of sp³-hybridized carbons (Fsp3) is 0.273. The Morgan fingerprint density at radius 3 is 2.85 bits per heavy atom. The van der Waals surface area contributed by atoms with Gasteiger partial charge in [0.2, 0.25) is 0 Å². The summed E-state index contributed by atoms with van der Waals surface area (Å²) in [6.07, 6.45) is 5.33. The van der Waals surface area contributed by atoms with Gasteiger partial charge in [0, 0.05) is 18.8 Å². The molecule has 0 aliphatic carbocycles. The number of nitrogens with zero attached hydrogens (tertiary/aromatic N) is 1. The minimum absolute atomic E-state index is 0.160. The van der Waals surface area contributed by atoms with Gasteiger partial charge in [0.05, 0.1) is 0 Å². The topological polar surface area (TPSA) is 3.24 Å². The van der Waals surface area contributed by atoms with E-state index in [1.165, 1.54) is 6.07 Å². The third-order valence-electron chi connectivity index (χ3n) is 2.23. The molecule has 68 valence electrons. The number of halogens is 1. The van der Waals surface area contributed by atoms with Crippen LogP contribution in [-0.2, 0) is 0 Å². The number of anilines is 1. The second kappa shape index (κ2) is 3.60. The highest BCUT2D eigenvalue weighted by molar-refractivity contribution is 5.47. The summed E-state index contributed by atoms with van der Waals surface area (Å²) in [4.78, 5) is 2.17. The zero-order valence-electron chi connectivity index (χ0n) is 7.41. The molecule has 2 heteroatoms. The minimum Gasteiger partial charge on any atom is -0.367 e. The summed E-state index contributed by atoms with van der Waals surface area (Å²) in [5.41, 5.74) is 0.976. The zero-order valence-corrected chi connectivity index (χ0v) is 7.41. The van der Waals surface area contributed by atoms with Gasteiger partial charge in [-0.25, -0.2) is 4.39 Å². The molecule has 0 saturated heterocycles. The molecule has 0 amide bonds. The van der Waals surface area contributed by atoms with Crippen LogP contribution in [0.15, 0.2) is 36.4 Å². The van der Waals surface area contributed by atoms with Crippen LogP contribution in [0.3, 0.4) is 0 Å². The van der Waals surface area contributed by atoms with E-state index < -0.39 is 0 Å². The van der Waals surface area contributed by atoms with Gasteiger partial charge >= 0.3 is 0 Å². The van der Waals surface area contributed by atoms with Crippen molar-refractivity contribution < 1.29 is 4.39 Å². The Hall–Kier alpha value is -1.31. The summed E-state index contributed by atoms with van der Waals surface area (Å²) in [6.45, 7) is 1.88. The molecule has 0 atom stereocenters. The molecule has 1 nitrogen and oxygen atoms in total. The van der Waals surface area contributed by atoms with Crippen molar-refractivity contribution in [3.05, 3.63) is 42.2 Å². The lowest BCUT2D eigenvalue weighted by atomic mass is 10.2. The Bertz CT molecular complexity index is 320. The van der Waals surface area contributed by atoms with Crippen LogP contribution in [-0.4, -0.2) is 13.1 Å². The van der Waals surface area contributed by atoms with Crippen LogP contribution in [0.4, 0.5) is 10.1 Å². The van der Waals surface area contributed by atoms with Crippen molar-refractivity contribution in [3.63, 3.8) is 0 Å². The molecule has 1 aliphatic heterocycles. The molecule has 13 heavy (non-hydrogen) atoms. The van der Waals surface area contributed by atoms with Gasteiger partial charge in [0.15, 0.2) is 0 Å². The molecule has 0 saturated carbocycles. The van der Waals surface area contributed by atoms with Crippen LogP contribution in [0, 0.1) is 5.82 Å². The summed E-state index contributed by atoms with van der Waals surface area (Å²) < 4.78 is 12.9. The zero-order chi connectivity index (χ0) is 9.10. The molecule has 0 fully saturated rings. The Labute approximate surface area is 77.5 Å². The fourth-order valence-electron chi connectivity index (χ4n) is 1.55. The largest absolute Gasteiger partial charge is 0.367 e. The molecule has 0 N–H and O–H groups in total. The van der Waals surface area contributed by atoms with Gasteiger partial charge in [0.25, 0.3) is 0 Å². The van der Waals surface area contributed by atoms with E-state index >= 15 is 0 Å². The Morgan fingerprint density at radius 2 is 2.15 bits per heavy atom. The molecular formula is C11H12FN. The standard InChI is InChI=1S/C11H12FN/c12-10-5-4-6-11(9-10)13-7-2-1-3-8-13/h1-2,4-6,9H,3,7-8H2. The second-order valence-corrected chi connectivity index (χ2v) is 3.19. The van der Waals surface area contributed by atoms with E-state index in [0.29, 0.717) is 0 Å². The summed E-state index contributed by atoms with van der Waals surface area (Å²) in [5, 5.41) is 0. The van der Waals surface area contributed by atoms with Crippen LogP contribution in [0.2, 0.25) is 0 Å². The molecule has 1 heterocycles. The second-order valence-electron chi connectivity index (χ2n) is 3.19. The van der Waals surface area contributed by atoms with E-state index in [2.05, 4.69) is 17.1 Å². The molecular weight excluding hydrogens is 165 g/mol. The first-order chi connectivity index (χ1) is 6.36. The van der Waals surface area contributed by atoms with E-state index in [-0.39, 0.29) is 5.82 Å². The highest BCUT2D eigenvalue weighted by Crippen LogP contribution is 2.17. The third kappa shape index (κ3) is 1.89. The van der Waals surface area contributed by atoms with E-state index in [1.54, 1.807) is 12.1 Å². The van der Waals surface area contributed by atoms with Crippen molar-refractivity contribution in [2.24, 2.45) is 0 Å². The highest BCUT2D eigenvalue weighted by Gasteiger charge is 2.06. The van der Waals surface area contributed by atoms with Crippen LogP contribution in [0.5, 0.6) is 0 Å². The molecule has 0 bridgehead atoms. The van der Waals surface area contributed by atoms with Crippen LogP contribution >= 0.6 is 0 Å². The average Bonchev–Trinajstić information content (AvgIpc) is 2.19. The van der Waals surface area contributed by atoms with Crippen molar-refractivity contribution in [3.8, 4) is 0 Å². The lowest BCUT2D eigenvalue weighted by molar-refractivity contribution is 0.626. The van der Waals surface area contributed by atoms with E-state index in [0.717, 1.165) is 25.2 Å². The van der Waals surface area contributed by atoms with Gasteiger partial charge in [0.1, 0.15) is 5.82 Å². The molecule has 1 aromatic rings. The molecule has 0 spiro atoms. The van der Waals surface area contributed by atoms with Crippen molar-refractivity contribution in [2.75, 3.05) is 18.0 Å². The first-order valence-corrected chi connectivity index (χ1v) is 4.52. The number of rotatable bonds is 1. The maximum absolute atomic E-state index is 12.9. The van der Waals surface area contributed by atoms with Gasteiger partial charge in [-0.1, -0.05) is 18.2 Å². The summed E-state index contributed by atoms with van der Waals surface area (Å²) in [6, 6.07) is 6.76. The predicted molar refractivity (Wildman–Crippen MR) is 52.4 cm³/mol. The van der Waals surface area contributed by atoms with Gasteiger partial charge < -0.3 is 4.90 Å². The van der Waals surface area contributed by atoms with Crippen LogP contribution < -0.4 is 4.90 Å². The Kier molecular flexibility index (Phi) is 2.30. The number of hydrogen-bond acceptors (Lipinski definition) is 1. The van der Waals surface area contributed by atoms with Gasteiger partial charge in [-0.05, 0) is 24.6 Å².